The average molecular weight is 753 g/mol. The Morgan fingerprint density at radius 3 is 1.63 bits per heavy atom. The van der Waals surface area contributed by atoms with Crippen molar-refractivity contribution in [2.45, 2.75) is 19.3 Å². The first-order valence-corrected chi connectivity index (χ1v) is 20.4. The molecule has 10 aromatic rings. The summed E-state index contributed by atoms with van der Waals surface area (Å²) >= 11 is 0. The maximum absolute atomic E-state index is 5.30. The fraction of sp³-hybridized carbons (Fsp3) is 0.0526. The van der Waals surface area contributed by atoms with E-state index >= 15 is 0 Å². The summed E-state index contributed by atoms with van der Waals surface area (Å²) in [4.78, 5) is 10.5. The topological polar surface area (TPSA) is 25.8 Å². The van der Waals surface area contributed by atoms with Crippen LogP contribution in [-0.2, 0) is 5.41 Å². The second-order valence-electron chi connectivity index (χ2n) is 16.1. The molecule has 0 amide bonds. The van der Waals surface area contributed by atoms with Crippen LogP contribution in [0, 0.1) is 0 Å². The molecule has 2 heteroatoms. The molecule has 1 aromatic heterocycles. The molecule has 59 heavy (non-hydrogen) atoms. The second-order valence-corrected chi connectivity index (χ2v) is 16.1. The second kappa shape index (κ2) is 13.9. The van der Waals surface area contributed by atoms with Crippen molar-refractivity contribution in [2.75, 3.05) is 0 Å². The Labute approximate surface area is 345 Å². The highest BCUT2D eigenvalue weighted by Crippen LogP contribution is 2.55. The van der Waals surface area contributed by atoms with Gasteiger partial charge in [0.2, 0.25) is 0 Å². The van der Waals surface area contributed by atoms with E-state index < -0.39 is 0 Å². The normalized spacial score (nSPS) is 12.7. The van der Waals surface area contributed by atoms with Crippen LogP contribution in [-0.4, -0.2) is 9.97 Å². The van der Waals surface area contributed by atoms with Gasteiger partial charge in [0.15, 0.2) is 5.82 Å². The van der Waals surface area contributed by atoms with Crippen molar-refractivity contribution in [3.8, 4) is 78.4 Å². The number of rotatable bonds is 6. The summed E-state index contributed by atoms with van der Waals surface area (Å²) in [5, 5.41) is 4.94. The summed E-state index contributed by atoms with van der Waals surface area (Å²) in [5.74, 6) is 0.704. The molecule has 0 saturated heterocycles. The van der Waals surface area contributed by atoms with Gasteiger partial charge in [-0.3, -0.25) is 0 Å². The zero-order valence-corrected chi connectivity index (χ0v) is 33.0. The Hall–Kier alpha value is -7.42. The van der Waals surface area contributed by atoms with Crippen molar-refractivity contribution in [1.29, 1.82) is 0 Å². The van der Waals surface area contributed by atoms with Gasteiger partial charge in [-0.1, -0.05) is 208 Å². The van der Waals surface area contributed by atoms with Crippen molar-refractivity contribution >= 4 is 21.5 Å². The fourth-order valence-electron chi connectivity index (χ4n) is 9.32. The quantitative estimate of drug-likeness (QED) is 0.169. The van der Waals surface area contributed by atoms with Crippen LogP contribution in [0.3, 0.4) is 0 Å². The molecule has 0 bridgehead atoms. The van der Waals surface area contributed by atoms with Crippen molar-refractivity contribution in [3.63, 3.8) is 0 Å². The lowest BCUT2D eigenvalue weighted by Gasteiger charge is -2.22. The number of hydrogen-bond donors (Lipinski definition) is 0. The minimum atomic E-state index is -0.116. The van der Waals surface area contributed by atoms with Gasteiger partial charge < -0.3 is 0 Å². The highest BCUT2D eigenvalue weighted by molar-refractivity contribution is 6.11. The van der Waals surface area contributed by atoms with Gasteiger partial charge in [0.25, 0.3) is 0 Å². The first kappa shape index (κ1) is 34.8. The number of hydrogen-bond acceptors (Lipinski definition) is 2. The van der Waals surface area contributed by atoms with Crippen molar-refractivity contribution < 1.29 is 0 Å². The maximum atomic E-state index is 5.30. The summed E-state index contributed by atoms with van der Waals surface area (Å²) < 4.78 is 0. The van der Waals surface area contributed by atoms with Gasteiger partial charge in [0.05, 0.1) is 11.4 Å². The predicted octanol–water partition coefficient (Wildman–Crippen LogP) is 15.1. The van der Waals surface area contributed by atoms with E-state index in [1.807, 2.05) is 6.07 Å². The number of benzene rings is 9. The van der Waals surface area contributed by atoms with Crippen LogP contribution in [0.4, 0.5) is 0 Å². The lowest BCUT2D eigenvalue weighted by atomic mass is 9.81. The van der Waals surface area contributed by atoms with E-state index in [2.05, 4.69) is 214 Å². The van der Waals surface area contributed by atoms with E-state index in [0.717, 1.165) is 44.6 Å². The average Bonchev–Trinajstić information content (AvgIpc) is 3.55. The van der Waals surface area contributed by atoms with Gasteiger partial charge in [-0.05, 0) is 89.3 Å². The van der Waals surface area contributed by atoms with E-state index in [-0.39, 0.29) is 5.41 Å². The summed E-state index contributed by atoms with van der Waals surface area (Å²) in [6.07, 6.45) is 0. The molecule has 0 unspecified atom stereocenters. The smallest absolute Gasteiger partial charge is 0.160 e. The van der Waals surface area contributed by atoms with Crippen molar-refractivity contribution in [3.05, 3.63) is 217 Å². The van der Waals surface area contributed by atoms with Crippen LogP contribution in [0.1, 0.15) is 25.0 Å². The number of nitrogens with zero attached hydrogens (tertiary/aromatic N) is 2. The monoisotopic (exact) mass is 752 g/mol. The Morgan fingerprint density at radius 1 is 0.322 bits per heavy atom. The molecule has 0 radical (unpaired) electrons. The maximum Gasteiger partial charge on any atom is 0.160 e. The van der Waals surface area contributed by atoms with Gasteiger partial charge in [-0.25, -0.2) is 9.97 Å². The van der Waals surface area contributed by atoms with Crippen LogP contribution < -0.4 is 0 Å². The zero-order valence-electron chi connectivity index (χ0n) is 33.0. The van der Waals surface area contributed by atoms with Gasteiger partial charge in [0.1, 0.15) is 0 Å². The van der Waals surface area contributed by atoms with Gasteiger partial charge in [-0.15, -0.1) is 0 Å². The molecule has 0 fully saturated rings. The Kier molecular flexibility index (Phi) is 8.20. The molecule has 0 spiro atoms. The number of aromatic nitrogens is 2. The molecule has 0 aliphatic heterocycles. The lowest BCUT2D eigenvalue weighted by Crippen LogP contribution is -2.14. The van der Waals surface area contributed by atoms with E-state index in [1.165, 1.54) is 60.7 Å². The molecular formula is C57H40N2. The predicted molar refractivity (Wildman–Crippen MR) is 247 cm³/mol. The van der Waals surface area contributed by atoms with E-state index in [4.69, 9.17) is 9.97 Å². The molecule has 1 aliphatic carbocycles. The molecule has 0 atom stereocenters. The van der Waals surface area contributed by atoms with Gasteiger partial charge >= 0.3 is 0 Å². The molecule has 9 aromatic carbocycles. The minimum Gasteiger partial charge on any atom is -0.228 e. The van der Waals surface area contributed by atoms with E-state index in [0.29, 0.717) is 5.82 Å². The third-order valence-electron chi connectivity index (χ3n) is 12.3. The first-order chi connectivity index (χ1) is 29.0. The lowest BCUT2D eigenvalue weighted by molar-refractivity contribution is 0.661. The van der Waals surface area contributed by atoms with Crippen molar-refractivity contribution in [2.24, 2.45) is 0 Å². The molecule has 2 nitrogen and oxygen atoms in total. The molecule has 1 heterocycles. The first-order valence-electron chi connectivity index (χ1n) is 20.4. The molecule has 1 aliphatic rings. The molecular weight excluding hydrogens is 713 g/mol. The van der Waals surface area contributed by atoms with Crippen LogP contribution >= 0.6 is 0 Å². The van der Waals surface area contributed by atoms with E-state index in [1.54, 1.807) is 0 Å². The standard InChI is InChI=1S/C57H40N2/c1-57(2)50-26-14-25-49(55(50)54-44-22-10-9-17-40(44)31-34-51(54)57)47-32-33-48(46-24-12-11-23-45(46)47)53-36-52(58-56(59-53)41-18-7-4-8-19-41)43-21-13-20-42(35-43)39-29-27-38(28-30-39)37-15-5-3-6-16-37/h3-36H,1-2H3. The summed E-state index contributed by atoms with van der Waals surface area (Å²) in [6, 6.07) is 74.3. The van der Waals surface area contributed by atoms with Gasteiger partial charge in [-0.2, -0.15) is 0 Å². The third-order valence-corrected chi connectivity index (χ3v) is 12.3. The Bertz CT molecular complexity index is 3220. The summed E-state index contributed by atoms with van der Waals surface area (Å²) in [5.41, 5.74) is 17.4. The van der Waals surface area contributed by atoms with E-state index in [9.17, 15) is 0 Å². The molecule has 0 saturated carbocycles. The third kappa shape index (κ3) is 5.87. The highest BCUT2D eigenvalue weighted by atomic mass is 14.9. The van der Waals surface area contributed by atoms with Gasteiger partial charge in [0, 0.05) is 22.1 Å². The van der Waals surface area contributed by atoms with Crippen LogP contribution in [0.5, 0.6) is 0 Å². The number of fused-ring (bicyclic) bond motifs is 6. The SMILES string of the molecule is CC1(C)c2cccc(-c3ccc(-c4cc(-c5cccc(-c6ccc(-c7ccccc7)cc6)c5)nc(-c5ccccc5)n4)c4ccccc34)c2-c2c1ccc1ccccc21. The highest BCUT2D eigenvalue weighted by Gasteiger charge is 2.38. The Balaban J connectivity index is 1.06. The van der Waals surface area contributed by atoms with Crippen LogP contribution in [0.2, 0.25) is 0 Å². The van der Waals surface area contributed by atoms with Crippen LogP contribution in [0.25, 0.3) is 100.0 Å². The van der Waals surface area contributed by atoms with Crippen molar-refractivity contribution in [1.82, 2.24) is 9.97 Å². The zero-order chi connectivity index (χ0) is 39.5. The summed E-state index contributed by atoms with van der Waals surface area (Å²) in [6.45, 7) is 4.73. The molecule has 0 N–H and O–H groups in total. The fourth-order valence-corrected chi connectivity index (χ4v) is 9.32. The molecule has 11 rings (SSSR count). The molecule has 278 valence electrons. The summed E-state index contributed by atoms with van der Waals surface area (Å²) in [7, 11) is 0. The minimum absolute atomic E-state index is 0.116. The van der Waals surface area contributed by atoms with Crippen LogP contribution in [0.15, 0.2) is 206 Å². The largest absolute Gasteiger partial charge is 0.228 e. The Morgan fingerprint density at radius 2 is 0.864 bits per heavy atom.